The van der Waals surface area contributed by atoms with Crippen LogP contribution in [0.2, 0.25) is 0 Å². The Kier molecular flexibility index (Phi) is 4.31. The van der Waals surface area contributed by atoms with Gasteiger partial charge in [-0.2, -0.15) is 0 Å². The number of rotatable bonds is 4. The molecule has 1 fully saturated rings. The number of hydrogen-bond donors (Lipinski definition) is 1. The second kappa shape index (κ2) is 6.22. The lowest BCUT2D eigenvalue weighted by Crippen LogP contribution is -2.39. The molecule has 0 saturated carbocycles. The molecular weight excluding hydrogens is 298 g/mol. The Bertz CT molecular complexity index is 752. The van der Waals surface area contributed by atoms with Gasteiger partial charge in [0, 0.05) is 37.6 Å². The Labute approximate surface area is 131 Å². The highest BCUT2D eigenvalue weighted by Crippen LogP contribution is 2.18. The van der Waals surface area contributed by atoms with E-state index in [0.29, 0.717) is 12.3 Å². The van der Waals surface area contributed by atoms with Crippen molar-refractivity contribution >= 4 is 9.84 Å². The van der Waals surface area contributed by atoms with E-state index in [1.807, 2.05) is 29.9 Å². The van der Waals surface area contributed by atoms with Crippen molar-refractivity contribution in [3.8, 4) is 11.4 Å². The van der Waals surface area contributed by atoms with E-state index in [2.05, 4.69) is 22.4 Å². The molecule has 6 heteroatoms. The van der Waals surface area contributed by atoms with Crippen LogP contribution in [0.1, 0.15) is 18.4 Å². The minimum absolute atomic E-state index is 0.0653. The monoisotopic (exact) mass is 319 g/mol. The van der Waals surface area contributed by atoms with Gasteiger partial charge < -0.3 is 9.88 Å². The maximum Gasteiger partial charge on any atom is 0.151 e. The summed E-state index contributed by atoms with van der Waals surface area (Å²) < 4.78 is 25.3. The van der Waals surface area contributed by atoms with Crippen LogP contribution < -0.4 is 5.32 Å². The van der Waals surface area contributed by atoms with E-state index < -0.39 is 9.84 Å². The number of nitrogens with one attached hydrogen (secondary N) is 1. The van der Waals surface area contributed by atoms with E-state index >= 15 is 0 Å². The summed E-state index contributed by atoms with van der Waals surface area (Å²) in [5.41, 5.74) is 2.21. The van der Waals surface area contributed by atoms with Gasteiger partial charge in [-0.05, 0) is 24.5 Å². The average molecular weight is 319 g/mol. The van der Waals surface area contributed by atoms with Crippen LogP contribution in [0.5, 0.6) is 0 Å². The van der Waals surface area contributed by atoms with Crippen LogP contribution in [0.15, 0.2) is 36.7 Å². The van der Waals surface area contributed by atoms with Crippen molar-refractivity contribution in [3.63, 3.8) is 0 Å². The third-order valence-corrected chi connectivity index (χ3v) is 5.89. The van der Waals surface area contributed by atoms with Crippen LogP contribution in [-0.2, 0) is 23.4 Å². The molecule has 2 heterocycles. The molecule has 0 radical (unpaired) electrons. The molecule has 1 aromatic carbocycles. The molecule has 22 heavy (non-hydrogen) atoms. The van der Waals surface area contributed by atoms with E-state index in [1.54, 1.807) is 6.20 Å². The molecule has 1 saturated heterocycles. The predicted molar refractivity (Wildman–Crippen MR) is 87.2 cm³/mol. The topological polar surface area (TPSA) is 64.0 Å². The first-order valence-corrected chi connectivity index (χ1v) is 9.36. The third kappa shape index (κ3) is 3.56. The first-order chi connectivity index (χ1) is 10.5. The molecule has 1 aromatic heterocycles. The Hall–Kier alpha value is -1.66. The molecule has 118 valence electrons. The predicted octanol–water partition coefficient (Wildman–Crippen LogP) is 1.75. The van der Waals surface area contributed by atoms with Crippen LogP contribution in [-0.4, -0.2) is 35.5 Å². The molecule has 0 aliphatic carbocycles. The van der Waals surface area contributed by atoms with Crippen LogP contribution in [0.25, 0.3) is 11.4 Å². The fourth-order valence-corrected chi connectivity index (χ4v) is 4.58. The maximum absolute atomic E-state index is 11.7. The minimum atomic E-state index is -2.86. The van der Waals surface area contributed by atoms with Gasteiger partial charge in [-0.1, -0.05) is 18.2 Å². The average Bonchev–Trinajstić information content (AvgIpc) is 2.91. The Balaban J connectivity index is 1.67. The second-order valence-electron chi connectivity index (χ2n) is 5.90. The minimum Gasteiger partial charge on any atom is -0.334 e. The van der Waals surface area contributed by atoms with Gasteiger partial charge in [-0.3, -0.25) is 0 Å². The van der Waals surface area contributed by atoms with E-state index in [1.165, 1.54) is 0 Å². The zero-order valence-electron chi connectivity index (χ0n) is 12.7. The lowest BCUT2D eigenvalue weighted by Gasteiger charge is -2.23. The van der Waals surface area contributed by atoms with Gasteiger partial charge in [0.05, 0.1) is 11.5 Å². The third-order valence-electron chi connectivity index (χ3n) is 4.06. The smallest absolute Gasteiger partial charge is 0.151 e. The molecule has 1 aliphatic heterocycles. The number of nitrogens with zero attached hydrogens (tertiary/aromatic N) is 2. The number of aromatic nitrogens is 2. The maximum atomic E-state index is 11.7. The first-order valence-electron chi connectivity index (χ1n) is 7.54. The van der Waals surface area contributed by atoms with Crippen molar-refractivity contribution < 1.29 is 8.42 Å². The van der Waals surface area contributed by atoms with E-state index in [9.17, 15) is 8.42 Å². The zero-order valence-corrected chi connectivity index (χ0v) is 13.5. The summed E-state index contributed by atoms with van der Waals surface area (Å²) in [6.45, 7) is 0.679. The summed E-state index contributed by atoms with van der Waals surface area (Å²) >= 11 is 0. The molecule has 1 N–H and O–H groups in total. The van der Waals surface area contributed by atoms with Crippen molar-refractivity contribution in [2.45, 2.75) is 25.4 Å². The summed E-state index contributed by atoms with van der Waals surface area (Å²) in [5, 5.41) is 3.37. The lowest BCUT2D eigenvalue weighted by molar-refractivity contribution is 0.480. The van der Waals surface area contributed by atoms with Crippen molar-refractivity contribution in [1.82, 2.24) is 14.9 Å². The Morgan fingerprint density at radius 1 is 1.41 bits per heavy atom. The van der Waals surface area contributed by atoms with Gasteiger partial charge in [0.15, 0.2) is 9.84 Å². The van der Waals surface area contributed by atoms with E-state index in [4.69, 9.17) is 0 Å². The zero-order chi connectivity index (χ0) is 15.6. The normalized spacial score (nSPS) is 20.9. The molecule has 5 nitrogen and oxygen atoms in total. The standard InChI is InChI=1S/C16H21N3O2S/c1-19-8-7-17-16(19)14-5-2-4-13(10-14)11-18-15-6-3-9-22(20,21)12-15/h2,4-5,7-8,10,15,18H,3,6,9,11-12H2,1H3. The quantitative estimate of drug-likeness (QED) is 0.932. The van der Waals surface area contributed by atoms with Crippen molar-refractivity contribution in [3.05, 3.63) is 42.2 Å². The summed E-state index contributed by atoms with van der Waals surface area (Å²) in [7, 11) is -0.889. The van der Waals surface area contributed by atoms with Crippen molar-refractivity contribution in [2.75, 3.05) is 11.5 Å². The summed E-state index contributed by atoms with van der Waals surface area (Å²) in [6, 6.07) is 8.27. The molecule has 2 aromatic rings. The van der Waals surface area contributed by atoms with Gasteiger partial charge >= 0.3 is 0 Å². The summed E-state index contributed by atoms with van der Waals surface area (Å²) in [5.74, 6) is 1.52. The van der Waals surface area contributed by atoms with Gasteiger partial charge in [0.25, 0.3) is 0 Å². The number of sulfone groups is 1. The lowest BCUT2D eigenvalue weighted by atomic mass is 10.1. The highest BCUT2D eigenvalue weighted by molar-refractivity contribution is 7.91. The van der Waals surface area contributed by atoms with Gasteiger partial charge in [-0.25, -0.2) is 13.4 Å². The largest absolute Gasteiger partial charge is 0.334 e. The van der Waals surface area contributed by atoms with Crippen LogP contribution in [0.4, 0.5) is 0 Å². The Morgan fingerprint density at radius 2 is 2.27 bits per heavy atom. The molecule has 0 amide bonds. The SMILES string of the molecule is Cn1ccnc1-c1cccc(CNC2CCCS(=O)(=O)C2)c1. The molecule has 0 spiro atoms. The molecule has 1 aliphatic rings. The van der Waals surface area contributed by atoms with Gasteiger partial charge in [0.1, 0.15) is 5.82 Å². The molecule has 1 unspecified atom stereocenters. The highest BCUT2D eigenvalue weighted by Gasteiger charge is 2.24. The summed E-state index contributed by atoms with van der Waals surface area (Å²) in [4.78, 5) is 4.36. The molecule has 0 bridgehead atoms. The van der Waals surface area contributed by atoms with Crippen molar-refractivity contribution in [1.29, 1.82) is 0 Å². The fourth-order valence-electron chi connectivity index (χ4n) is 2.91. The second-order valence-corrected chi connectivity index (χ2v) is 8.13. The first kappa shape index (κ1) is 15.2. The fraction of sp³-hybridized carbons (Fsp3) is 0.438. The highest BCUT2D eigenvalue weighted by atomic mass is 32.2. The van der Waals surface area contributed by atoms with Crippen LogP contribution in [0.3, 0.4) is 0 Å². The number of benzene rings is 1. The number of imidazole rings is 1. The number of aryl methyl sites for hydroxylation is 1. The number of hydrogen-bond acceptors (Lipinski definition) is 4. The molecule has 3 rings (SSSR count). The van der Waals surface area contributed by atoms with E-state index in [0.717, 1.165) is 29.8 Å². The van der Waals surface area contributed by atoms with E-state index in [-0.39, 0.29) is 11.8 Å². The molecular formula is C16H21N3O2S. The van der Waals surface area contributed by atoms with Crippen molar-refractivity contribution in [2.24, 2.45) is 7.05 Å². The van der Waals surface area contributed by atoms with Gasteiger partial charge in [-0.15, -0.1) is 0 Å². The van der Waals surface area contributed by atoms with Gasteiger partial charge in [0.2, 0.25) is 0 Å². The Morgan fingerprint density at radius 3 is 3.00 bits per heavy atom. The summed E-state index contributed by atoms with van der Waals surface area (Å²) in [6.07, 6.45) is 5.39. The van der Waals surface area contributed by atoms with Crippen LogP contribution in [0, 0.1) is 0 Å². The van der Waals surface area contributed by atoms with Crippen LogP contribution >= 0.6 is 0 Å². The molecule has 1 atom stereocenters.